The molecule has 1 aromatic carbocycles. The number of rotatable bonds is 5. The zero-order chi connectivity index (χ0) is 17.9. The van der Waals surface area contributed by atoms with Gasteiger partial charge in [-0.1, -0.05) is 54.0 Å². The number of carboxylic acid groups (broad SMARTS) is 1. The van der Waals surface area contributed by atoms with Crippen LogP contribution < -0.4 is 5.32 Å². The summed E-state index contributed by atoms with van der Waals surface area (Å²) >= 11 is 3.33. The normalized spacial score (nSPS) is 12.7. The van der Waals surface area contributed by atoms with Gasteiger partial charge in [0.2, 0.25) is 0 Å². The second kappa shape index (κ2) is 7.17. The summed E-state index contributed by atoms with van der Waals surface area (Å²) in [4.78, 5) is 23.5. The Bertz CT molecular complexity index is 732. The van der Waals surface area contributed by atoms with Gasteiger partial charge in [-0.15, -0.1) is 0 Å². The summed E-state index contributed by atoms with van der Waals surface area (Å²) in [5.41, 5.74) is 0.568. The van der Waals surface area contributed by atoms with E-state index in [2.05, 4.69) is 26.4 Å². The van der Waals surface area contributed by atoms with E-state index < -0.39 is 17.9 Å². The second-order valence-electron chi connectivity index (χ2n) is 6.50. The van der Waals surface area contributed by atoms with E-state index in [1.165, 1.54) is 0 Å². The van der Waals surface area contributed by atoms with Gasteiger partial charge < -0.3 is 14.9 Å². The minimum atomic E-state index is -1.00. The molecule has 2 aromatic rings. The van der Waals surface area contributed by atoms with Gasteiger partial charge in [0, 0.05) is 16.0 Å². The summed E-state index contributed by atoms with van der Waals surface area (Å²) in [5.74, 6) is -0.881. The van der Waals surface area contributed by atoms with E-state index in [-0.39, 0.29) is 17.5 Å². The predicted molar refractivity (Wildman–Crippen MR) is 91.8 cm³/mol. The molecule has 0 aliphatic carbocycles. The van der Waals surface area contributed by atoms with Crippen LogP contribution in [0, 0.1) is 0 Å². The van der Waals surface area contributed by atoms with Crippen LogP contribution in [0.4, 0.5) is 0 Å². The van der Waals surface area contributed by atoms with Crippen LogP contribution in [0.2, 0.25) is 0 Å². The van der Waals surface area contributed by atoms with Crippen LogP contribution in [0.25, 0.3) is 0 Å². The lowest BCUT2D eigenvalue weighted by molar-refractivity contribution is -0.137. The fourth-order valence-corrected chi connectivity index (χ4v) is 2.35. The Labute approximate surface area is 148 Å². The van der Waals surface area contributed by atoms with Crippen LogP contribution >= 0.6 is 15.9 Å². The van der Waals surface area contributed by atoms with Crippen LogP contribution in [0.1, 0.15) is 55.0 Å². The molecule has 0 spiro atoms. The number of hydrogen-bond donors (Lipinski definition) is 2. The number of nitrogens with one attached hydrogen (secondary N) is 1. The molecule has 2 N–H and O–H groups in total. The average molecular weight is 395 g/mol. The average Bonchev–Trinajstić information content (AvgIpc) is 2.97. The first-order valence-electron chi connectivity index (χ1n) is 7.42. The number of aromatic nitrogens is 1. The Morgan fingerprint density at radius 1 is 1.29 bits per heavy atom. The monoisotopic (exact) mass is 394 g/mol. The van der Waals surface area contributed by atoms with Gasteiger partial charge in [-0.05, 0) is 17.7 Å². The lowest BCUT2D eigenvalue weighted by Gasteiger charge is -2.16. The van der Waals surface area contributed by atoms with Gasteiger partial charge >= 0.3 is 5.97 Å². The van der Waals surface area contributed by atoms with Crippen molar-refractivity contribution in [3.8, 4) is 0 Å². The van der Waals surface area contributed by atoms with E-state index >= 15 is 0 Å². The number of amides is 1. The van der Waals surface area contributed by atoms with E-state index in [9.17, 15) is 9.59 Å². The molecular formula is C17H19BrN2O4. The maximum Gasteiger partial charge on any atom is 0.305 e. The molecule has 128 valence electrons. The van der Waals surface area contributed by atoms with E-state index in [0.29, 0.717) is 11.3 Å². The Balaban J connectivity index is 2.19. The van der Waals surface area contributed by atoms with E-state index in [0.717, 1.165) is 4.47 Å². The van der Waals surface area contributed by atoms with Crippen molar-refractivity contribution in [1.29, 1.82) is 0 Å². The molecule has 0 radical (unpaired) electrons. The zero-order valence-corrected chi connectivity index (χ0v) is 15.3. The minimum absolute atomic E-state index is 0.132. The molecule has 6 nitrogen and oxygen atoms in total. The SMILES string of the molecule is CC(C)(C)c1cc(C(=O)NC(CC(=O)O)c2ccc(Br)cc2)no1. The number of carboxylic acids is 1. The molecule has 0 aliphatic rings. The number of carbonyl (C=O) groups is 2. The third kappa shape index (κ3) is 4.67. The van der Waals surface area contributed by atoms with E-state index in [4.69, 9.17) is 9.63 Å². The Morgan fingerprint density at radius 3 is 2.42 bits per heavy atom. The van der Waals surface area contributed by atoms with Gasteiger partial charge in [-0.2, -0.15) is 0 Å². The second-order valence-corrected chi connectivity index (χ2v) is 7.42. The van der Waals surface area contributed by atoms with Crippen molar-refractivity contribution in [3.05, 3.63) is 51.8 Å². The lowest BCUT2D eigenvalue weighted by Crippen LogP contribution is -2.30. The van der Waals surface area contributed by atoms with Crippen molar-refractivity contribution in [2.45, 2.75) is 38.6 Å². The molecular weight excluding hydrogens is 376 g/mol. The molecule has 0 bridgehead atoms. The third-order valence-corrected chi connectivity index (χ3v) is 3.97. The summed E-state index contributed by atoms with van der Waals surface area (Å²) in [6.07, 6.45) is -0.225. The van der Waals surface area contributed by atoms with Crippen molar-refractivity contribution in [2.24, 2.45) is 0 Å². The Morgan fingerprint density at radius 2 is 1.92 bits per heavy atom. The van der Waals surface area contributed by atoms with Gasteiger partial charge in [0.05, 0.1) is 12.5 Å². The molecule has 1 unspecified atom stereocenters. The summed E-state index contributed by atoms with van der Waals surface area (Å²) in [5, 5.41) is 15.6. The van der Waals surface area contributed by atoms with Crippen LogP contribution in [0.3, 0.4) is 0 Å². The molecule has 0 aliphatic heterocycles. The van der Waals surface area contributed by atoms with Gasteiger partial charge in [-0.25, -0.2) is 0 Å². The third-order valence-electron chi connectivity index (χ3n) is 3.44. The first-order chi connectivity index (χ1) is 11.2. The van der Waals surface area contributed by atoms with Crippen LogP contribution in [0.15, 0.2) is 39.3 Å². The molecule has 24 heavy (non-hydrogen) atoms. The Kier molecular flexibility index (Phi) is 5.43. The summed E-state index contributed by atoms with van der Waals surface area (Å²) in [6.45, 7) is 5.85. The van der Waals surface area contributed by atoms with Crippen LogP contribution in [-0.4, -0.2) is 22.1 Å². The highest BCUT2D eigenvalue weighted by atomic mass is 79.9. The summed E-state index contributed by atoms with van der Waals surface area (Å²) < 4.78 is 6.07. The number of benzene rings is 1. The van der Waals surface area contributed by atoms with E-state index in [1.54, 1.807) is 30.3 Å². The fourth-order valence-electron chi connectivity index (χ4n) is 2.09. The van der Waals surface area contributed by atoms with Crippen LogP contribution in [-0.2, 0) is 10.2 Å². The summed E-state index contributed by atoms with van der Waals surface area (Å²) in [7, 11) is 0. The first kappa shape index (κ1) is 18.2. The molecule has 7 heteroatoms. The molecule has 2 rings (SSSR count). The predicted octanol–water partition coefficient (Wildman–Crippen LogP) is 3.68. The smallest absolute Gasteiger partial charge is 0.305 e. The Hall–Kier alpha value is -2.15. The highest BCUT2D eigenvalue weighted by molar-refractivity contribution is 9.10. The molecule has 0 fully saturated rings. The van der Waals surface area contributed by atoms with Crippen molar-refractivity contribution in [1.82, 2.24) is 10.5 Å². The number of aliphatic carboxylic acids is 1. The highest BCUT2D eigenvalue weighted by Gasteiger charge is 2.24. The van der Waals surface area contributed by atoms with Crippen molar-refractivity contribution < 1.29 is 19.2 Å². The minimum Gasteiger partial charge on any atom is -0.481 e. The highest BCUT2D eigenvalue weighted by Crippen LogP contribution is 2.24. The molecule has 0 saturated carbocycles. The van der Waals surface area contributed by atoms with Gasteiger partial charge in [-0.3, -0.25) is 9.59 Å². The van der Waals surface area contributed by atoms with Gasteiger partial charge in [0.25, 0.3) is 5.91 Å². The summed E-state index contributed by atoms with van der Waals surface area (Å²) in [6, 6.07) is 8.05. The molecule has 1 aromatic heterocycles. The number of hydrogen-bond acceptors (Lipinski definition) is 4. The van der Waals surface area contributed by atoms with Crippen LogP contribution in [0.5, 0.6) is 0 Å². The van der Waals surface area contributed by atoms with Gasteiger partial charge in [0.1, 0.15) is 5.76 Å². The molecule has 1 heterocycles. The van der Waals surface area contributed by atoms with Gasteiger partial charge in [0.15, 0.2) is 5.69 Å². The number of halogens is 1. The zero-order valence-electron chi connectivity index (χ0n) is 13.7. The van der Waals surface area contributed by atoms with E-state index in [1.807, 2.05) is 20.8 Å². The van der Waals surface area contributed by atoms with Crippen molar-refractivity contribution in [3.63, 3.8) is 0 Å². The molecule has 1 amide bonds. The molecule has 0 saturated heterocycles. The maximum atomic E-state index is 12.4. The quantitative estimate of drug-likeness (QED) is 0.806. The van der Waals surface area contributed by atoms with Crippen molar-refractivity contribution >= 4 is 27.8 Å². The number of nitrogens with zero attached hydrogens (tertiary/aromatic N) is 1. The first-order valence-corrected chi connectivity index (χ1v) is 8.21. The molecule has 1 atom stereocenters. The van der Waals surface area contributed by atoms with Crippen molar-refractivity contribution in [2.75, 3.05) is 0 Å². The largest absolute Gasteiger partial charge is 0.481 e. The standard InChI is InChI=1S/C17H19BrN2O4/c1-17(2,3)14-8-13(20-24-14)16(23)19-12(9-15(21)22)10-4-6-11(18)7-5-10/h4-8,12H,9H2,1-3H3,(H,19,23)(H,21,22). The number of carbonyl (C=O) groups excluding carboxylic acids is 1. The maximum absolute atomic E-state index is 12.4. The lowest BCUT2D eigenvalue weighted by atomic mass is 9.93. The topological polar surface area (TPSA) is 92.4 Å². The fraction of sp³-hybridized carbons (Fsp3) is 0.353.